The number of aryl methyl sites for hydroxylation is 1. The molecule has 0 aliphatic heterocycles. The molecule has 0 aliphatic carbocycles. The van der Waals surface area contributed by atoms with Crippen molar-refractivity contribution in [2.45, 2.75) is 20.4 Å². The number of hydrogen-bond acceptors (Lipinski definition) is 3. The van der Waals surface area contributed by atoms with Crippen LogP contribution in [0.5, 0.6) is 0 Å². The first kappa shape index (κ1) is 12.5. The van der Waals surface area contributed by atoms with Gasteiger partial charge in [-0.2, -0.15) is 5.10 Å². The second-order valence-electron chi connectivity index (χ2n) is 4.42. The minimum atomic E-state index is 0.577. The van der Waals surface area contributed by atoms with Gasteiger partial charge in [-0.15, -0.1) is 0 Å². The maximum Gasteiger partial charge on any atom is 0.145 e. The highest BCUT2D eigenvalue weighted by Crippen LogP contribution is 2.15. The number of nitrogens with zero attached hydrogens (tertiary/aromatic N) is 3. The predicted molar refractivity (Wildman–Crippen MR) is 75.7 cm³/mol. The van der Waals surface area contributed by atoms with Crippen LogP contribution in [-0.2, 0) is 6.54 Å². The van der Waals surface area contributed by atoms with Crippen LogP contribution < -0.4 is 10.6 Å². The third-order valence-corrected chi connectivity index (χ3v) is 3.01. The van der Waals surface area contributed by atoms with Gasteiger partial charge in [-0.1, -0.05) is 12.1 Å². The fourth-order valence-corrected chi connectivity index (χ4v) is 2.02. The van der Waals surface area contributed by atoms with Gasteiger partial charge in [0.25, 0.3) is 0 Å². The van der Waals surface area contributed by atoms with Crippen molar-refractivity contribution in [2.24, 2.45) is 0 Å². The number of anilines is 2. The smallest absolute Gasteiger partial charge is 0.145 e. The third kappa shape index (κ3) is 3.03. The van der Waals surface area contributed by atoms with E-state index in [1.165, 1.54) is 11.3 Å². The summed E-state index contributed by atoms with van der Waals surface area (Å²) in [7, 11) is 0. The highest BCUT2D eigenvalue weighted by atomic mass is 15.3. The Morgan fingerprint density at radius 2 is 2.17 bits per heavy atom. The summed E-state index contributed by atoms with van der Waals surface area (Å²) in [4.78, 5) is 2.34. The standard InChI is InChI=1S/C14H20N4/c1-3-17(13-6-4-5-12(2)11-13)9-10-18-8-7-14(15)16-18/h4-8,11H,3,9-10H2,1-2H3,(H2,15,16). The van der Waals surface area contributed by atoms with Crippen LogP contribution >= 0.6 is 0 Å². The molecule has 0 saturated heterocycles. The summed E-state index contributed by atoms with van der Waals surface area (Å²) >= 11 is 0. The number of likely N-dealkylation sites (N-methyl/N-ethyl adjacent to an activating group) is 1. The molecule has 4 nitrogen and oxygen atoms in total. The van der Waals surface area contributed by atoms with Crippen molar-refractivity contribution < 1.29 is 0 Å². The second-order valence-corrected chi connectivity index (χ2v) is 4.42. The Labute approximate surface area is 108 Å². The molecule has 1 aromatic heterocycles. The van der Waals surface area contributed by atoms with E-state index in [1.807, 2.05) is 16.9 Å². The minimum absolute atomic E-state index is 0.577. The van der Waals surface area contributed by atoms with Crippen molar-refractivity contribution in [3.05, 3.63) is 42.1 Å². The Hall–Kier alpha value is -1.97. The average Bonchev–Trinajstić information content (AvgIpc) is 2.76. The number of nitrogen functional groups attached to an aromatic ring is 1. The van der Waals surface area contributed by atoms with Crippen molar-refractivity contribution in [1.29, 1.82) is 0 Å². The molecule has 1 heterocycles. The molecular weight excluding hydrogens is 224 g/mol. The predicted octanol–water partition coefficient (Wildman–Crippen LogP) is 2.30. The Morgan fingerprint density at radius 3 is 2.78 bits per heavy atom. The maximum atomic E-state index is 5.60. The quantitative estimate of drug-likeness (QED) is 0.878. The van der Waals surface area contributed by atoms with Gasteiger partial charge >= 0.3 is 0 Å². The lowest BCUT2D eigenvalue weighted by Gasteiger charge is -2.23. The number of nitrogens with two attached hydrogens (primary N) is 1. The Morgan fingerprint density at radius 1 is 1.33 bits per heavy atom. The molecule has 2 N–H and O–H groups in total. The van der Waals surface area contributed by atoms with E-state index in [1.54, 1.807) is 0 Å². The minimum Gasteiger partial charge on any atom is -0.382 e. The van der Waals surface area contributed by atoms with Gasteiger partial charge in [-0.25, -0.2) is 0 Å². The lowest BCUT2D eigenvalue weighted by atomic mass is 10.2. The van der Waals surface area contributed by atoms with E-state index in [0.29, 0.717) is 5.82 Å². The van der Waals surface area contributed by atoms with Crippen molar-refractivity contribution >= 4 is 11.5 Å². The molecular formula is C14H20N4. The van der Waals surface area contributed by atoms with Crippen molar-refractivity contribution in [1.82, 2.24) is 9.78 Å². The third-order valence-electron chi connectivity index (χ3n) is 3.01. The first-order valence-corrected chi connectivity index (χ1v) is 6.29. The van der Waals surface area contributed by atoms with Gasteiger partial charge in [0.05, 0.1) is 6.54 Å². The largest absolute Gasteiger partial charge is 0.382 e. The normalized spacial score (nSPS) is 10.6. The number of benzene rings is 1. The molecule has 0 atom stereocenters. The van der Waals surface area contributed by atoms with E-state index in [2.05, 4.69) is 48.1 Å². The van der Waals surface area contributed by atoms with Gasteiger partial charge in [0, 0.05) is 25.0 Å². The van der Waals surface area contributed by atoms with Crippen molar-refractivity contribution in [2.75, 3.05) is 23.7 Å². The number of hydrogen-bond donors (Lipinski definition) is 1. The molecule has 96 valence electrons. The highest BCUT2D eigenvalue weighted by molar-refractivity contribution is 5.48. The first-order valence-electron chi connectivity index (χ1n) is 6.29. The van der Waals surface area contributed by atoms with Crippen molar-refractivity contribution in [3.63, 3.8) is 0 Å². The van der Waals surface area contributed by atoms with Crippen LogP contribution in [0.3, 0.4) is 0 Å². The van der Waals surface area contributed by atoms with Gasteiger partial charge in [0.2, 0.25) is 0 Å². The Bertz CT molecular complexity index is 504. The summed E-state index contributed by atoms with van der Waals surface area (Å²) in [6, 6.07) is 10.4. The van der Waals surface area contributed by atoms with Crippen LogP contribution in [0.4, 0.5) is 11.5 Å². The lowest BCUT2D eigenvalue weighted by molar-refractivity contribution is 0.602. The molecule has 2 aromatic rings. The van der Waals surface area contributed by atoms with Crippen LogP contribution in [0, 0.1) is 6.92 Å². The average molecular weight is 244 g/mol. The van der Waals surface area contributed by atoms with E-state index < -0.39 is 0 Å². The van der Waals surface area contributed by atoms with Crippen LogP contribution in [0.1, 0.15) is 12.5 Å². The molecule has 0 fully saturated rings. The van der Waals surface area contributed by atoms with Gasteiger partial charge in [-0.3, -0.25) is 4.68 Å². The zero-order chi connectivity index (χ0) is 13.0. The van der Waals surface area contributed by atoms with Crippen LogP contribution in [0.2, 0.25) is 0 Å². The fourth-order valence-electron chi connectivity index (χ4n) is 2.02. The monoisotopic (exact) mass is 244 g/mol. The van der Waals surface area contributed by atoms with E-state index in [-0.39, 0.29) is 0 Å². The molecule has 18 heavy (non-hydrogen) atoms. The first-order chi connectivity index (χ1) is 8.69. The molecule has 0 saturated carbocycles. The maximum absolute atomic E-state index is 5.60. The molecule has 0 aliphatic rings. The van der Waals surface area contributed by atoms with E-state index >= 15 is 0 Å². The van der Waals surface area contributed by atoms with Gasteiger partial charge < -0.3 is 10.6 Å². The number of aromatic nitrogens is 2. The van der Waals surface area contributed by atoms with Crippen LogP contribution in [0.15, 0.2) is 36.5 Å². The molecule has 2 rings (SSSR count). The second kappa shape index (κ2) is 5.58. The van der Waals surface area contributed by atoms with E-state index in [9.17, 15) is 0 Å². The summed E-state index contributed by atoms with van der Waals surface area (Å²) < 4.78 is 1.88. The molecule has 0 radical (unpaired) electrons. The SMILES string of the molecule is CCN(CCn1ccc(N)n1)c1cccc(C)c1. The summed E-state index contributed by atoms with van der Waals surface area (Å²) in [6.07, 6.45) is 1.92. The molecule has 4 heteroatoms. The molecule has 0 bridgehead atoms. The molecule has 0 unspecified atom stereocenters. The van der Waals surface area contributed by atoms with E-state index in [4.69, 9.17) is 5.73 Å². The summed E-state index contributed by atoms with van der Waals surface area (Å²) in [5, 5.41) is 4.20. The molecule has 1 aromatic carbocycles. The zero-order valence-corrected chi connectivity index (χ0v) is 11.0. The van der Waals surface area contributed by atoms with Gasteiger partial charge in [-0.05, 0) is 37.6 Å². The lowest BCUT2D eigenvalue weighted by Crippen LogP contribution is -2.27. The Balaban J connectivity index is 2.01. The summed E-state index contributed by atoms with van der Waals surface area (Å²) in [5.74, 6) is 0.577. The van der Waals surface area contributed by atoms with Crippen LogP contribution in [0.25, 0.3) is 0 Å². The molecule has 0 spiro atoms. The highest BCUT2D eigenvalue weighted by Gasteiger charge is 2.04. The summed E-state index contributed by atoms with van der Waals surface area (Å²) in [5.41, 5.74) is 8.15. The summed E-state index contributed by atoms with van der Waals surface area (Å²) in [6.45, 7) is 7.05. The fraction of sp³-hybridized carbons (Fsp3) is 0.357. The number of rotatable bonds is 5. The van der Waals surface area contributed by atoms with Gasteiger partial charge in [0.1, 0.15) is 5.82 Å². The Kier molecular flexibility index (Phi) is 3.87. The van der Waals surface area contributed by atoms with Gasteiger partial charge in [0.15, 0.2) is 0 Å². The zero-order valence-electron chi connectivity index (χ0n) is 11.0. The topological polar surface area (TPSA) is 47.1 Å². The van der Waals surface area contributed by atoms with Crippen LogP contribution in [-0.4, -0.2) is 22.9 Å². The van der Waals surface area contributed by atoms with E-state index in [0.717, 1.165) is 19.6 Å². The van der Waals surface area contributed by atoms with Crippen molar-refractivity contribution in [3.8, 4) is 0 Å². The molecule has 0 amide bonds.